The van der Waals surface area contributed by atoms with Crippen LogP contribution in [0.2, 0.25) is 5.02 Å². The largest absolute Gasteiger partial charge is 0.328 e. The number of nitrogens with two attached hydrogens (primary N) is 1. The Kier molecular flexibility index (Phi) is 3.79. The van der Waals surface area contributed by atoms with Crippen molar-refractivity contribution in [2.24, 2.45) is 11.7 Å². The monoisotopic (exact) mass is 242 g/mol. The van der Waals surface area contributed by atoms with Crippen LogP contribution in [-0.2, 0) is 6.54 Å². The van der Waals surface area contributed by atoms with Crippen LogP contribution in [0, 0.1) is 11.7 Å². The fraction of sp³-hybridized carbons (Fsp3) is 0.500. The van der Waals surface area contributed by atoms with Gasteiger partial charge < -0.3 is 11.1 Å². The molecule has 0 aliphatic heterocycles. The summed E-state index contributed by atoms with van der Waals surface area (Å²) in [5.74, 6) is 0.444. The Labute approximate surface area is 100.0 Å². The lowest BCUT2D eigenvalue weighted by Crippen LogP contribution is -2.41. The molecule has 0 radical (unpaired) electrons. The average molecular weight is 243 g/mol. The lowest BCUT2D eigenvalue weighted by Gasteiger charge is -2.32. The molecule has 0 amide bonds. The minimum absolute atomic E-state index is 0.206. The van der Waals surface area contributed by atoms with E-state index in [0.29, 0.717) is 29.1 Å². The predicted octanol–water partition coefficient (Wildman–Crippen LogP) is 2.31. The van der Waals surface area contributed by atoms with Crippen LogP contribution >= 0.6 is 11.6 Å². The summed E-state index contributed by atoms with van der Waals surface area (Å²) >= 11 is 5.80. The van der Waals surface area contributed by atoms with Gasteiger partial charge in [-0.2, -0.15) is 0 Å². The van der Waals surface area contributed by atoms with Crippen LogP contribution in [0.3, 0.4) is 0 Å². The van der Waals surface area contributed by atoms with Crippen LogP contribution in [0.1, 0.15) is 18.4 Å². The molecular formula is C12H16ClFN2. The minimum Gasteiger partial charge on any atom is -0.328 e. The van der Waals surface area contributed by atoms with Crippen molar-refractivity contribution in [3.63, 3.8) is 0 Å². The summed E-state index contributed by atoms with van der Waals surface area (Å²) in [4.78, 5) is 0. The first-order valence-corrected chi connectivity index (χ1v) is 5.93. The van der Waals surface area contributed by atoms with Crippen molar-refractivity contribution in [3.8, 4) is 0 Å². The van der Waals surface area contributed by atoms with Crippen molar-refractivity contribution in [2.75, 3.05) is 6.54 Å². The van der Waals surface area contributed by atoms with E-state index >= 15 is 0 Å². The number of rotatable bonds is 4. The smallest absolute Gasteiger partial charge is 0.127 e. The summed E-state index contributed by atoms with van der Waals surface area (Å²) < 4.78 is 13.3. The van der Waals surface area contributed by atoms with Gasteiger partial charge in [0.25, 0.3) is 0 Å². The maximum absolute atomic E-state index is 13.3. The second-order valence-electron chi connectivity index (χ2n) is 4.46. The molecule has 0 heterocycles. The molecule has 0 aromatic heterocycles. The molecule has 2 rings (SSSR count). The average Bonchev–Trinajstić information content (AvgIpc) is 2.20. The maximum Gasteiger partial charge on any atom is 0.127 e. The van der Waals surface area contributed by atoms with Gasteiger partial charge in [-0.25, -0.2) is 4.39 Å². The topological polar surface area (TPSA) is 38.0 Å². The van der Waals surface area contributed by atoms with Gasteiger partial charge in [-0.15, -0.1) is 0 Å². The Balaban J connectivity index is 1.78. The number of benzene rings is 1. The molecule has 0 atom stereocenters. The summed E-state index contributed by atoms with van der Waals surface area (Å²) in [6.45, 7) is 1.43. The summed E-state index contributed by atoms with van der Waals surface area (Å²) in [7, 11) is 0. The molecule has 2 nitrogen and oxygen atoms in total. The molecule has 0 unspecified atom stereocenters. The second-order valence-corrected chi connectivity index (χ2v) is 4.90. The Hall–Kier alpha value is -0.640. The van der Waals surface area contributed by atoms with Crippen molar-refractivity contribution in [1.82, 2.24) is 5.32 Å². The normalized spacial score (nSPS) is 24.2. The molecule has 16 heavy (non-hydrogen) atoms. The third-order valence-corrected chi connectivity index (χ3v) is 3.26. The van der Waals surface area contributed by atoms with Crippen molar-refractivity contribution < 1.29 is 4.39 Å². The maximum atomic E-state index is 13.3. The summed E-state index contributed by atoms with van der Waals surface area (Å²) in [6, 6.07) is 5.00. The van der Waals surface area contributed by atoms with E-state index in [-0.39, 0.29) is 5.82 Å². The highest BCUT2D eigenvalue weighted by Crippen LogP contribution is 2.24. The lowest BCUT2D eigenvalue weighted by molar-refractivity contribution is 0.255. The fourth-order valence-corrected chi connectivity index (χ4v) is 2.24. The first-order chi connectivity index (χ1) is 7.65. The molecule has 1 aliphatic rings. The summed E-state index contributed by atoms with van der Waals surface area (Å²) in [5, 5.41) is 3.81. The van der Waals surface area contributed by atoms with Crippen LogP contribution in [0.4, 0.5) is 4.39 Å². The third-order valence-electron chi connectivity index (χ3n) is 3.03. The van der Waals surface area contributed by atoms with Crippen LogP contribution < -0.4 is 11.1 Å². The first-order valence-electron chi connectivity index (χ1n) is 5.55. The molecule has 1 fully saturated rings. The molecular weight excluding hydrogens is 227 g/mol. The quantitative estimate of drug-likeness (QED) is 0.850. The van der Waals surface area contributed by atoms with E-state index in [9.17, 15) is 4.39 Å². The van der Waals surface area contributed by atoms with Gasteiger partial charge in [0.15, 0.2) is 0 Å². The minimum atomic E-state index is -0.206. The van der Waals surface area contributed by atoms with E-state index in [0.717, 1.165) is 19.4 Å². The number of hydrogen-bond donors (Lipinski definition) is 2. The van der Waals surface area contributed by atoms with Gasteiger partial charge in [0.1, 0.15) is 5.82 Å². The van der Waals surface area contributed by atoms with Gasteiger partial charge in [0, 0.05) is 23.2 Å². The number of nitrogens with one attached hydrogen (secondary N) is 1. The molecule has 0 bridgehead atoms. The molecule has 1 aromatic carbocycles. The highest BCUT2D eigenvalue weighted by molar-refractivity contribution is 6.30. The van der Waals surface area contributed by atoms with Gasteiger partial charge in [-0.1, -0.05) is 11.6 Å². The van der Waals surface area contributed by atoms with E-state index in [1.54, 1.807) is 12.1 Å². The molecule has 0 saturated heterocycles. The predicted molar refractivity (Wildman–Crippen MR) is 63.8 cm³/mol. The summed E-state index contributed by atoms with van der Waals surface area (Å²) in [5.41, 5.74) is 6.31. The van der Waals surface area contributed by atoms with Gasteiger partial charge >= 0.3 is 0 Å². The van der Waals surface area contributed by atoms with E-state index in [4.69, 9.17) is 17.3 Å². The van der Waals surface area contributed by atoms with E-state index < -0.39 is 0 Å². The van der Waals surface area contributed by atoms with E-state index in [1.807, 2.05) is 0 Å². The van der Waals surface area contributed by atoms with Crippen molar-refractivity contribution in [2.45, 2.75) is 25.4 Å². The van der Waals surface area contributed by atoms with Crippen molar-refractivity contribution in [1.29, 1.82) is 0 Å². The second kappa shape index (κ2) is 5.13. The van der Waals surface area contributed by atoms with Crippen LogP contribution in [0.15, 0.2) is 18.2 Å². The molecule has 1 aliphatic carbocycles. The highest BCUT2D eigenvalue weighted by Gasteiger charge is 2.24. The number of hydrogen-bond acceptors (Lipinski definition) is 2. The Morgan fingerprint density at radius 3 is 2.88 bits per heavy atom. The third kappa shape index (κ3) is 2.94. The van der Waals surface area contributed by atoms with Crippen LogP contribution in [0.25, 0.3) is 0 Å². The molecule has 0 spiro atoms. The van der Waals surface area contributed by atoms with Gasteiger partial charge in [0.05, 0.1) is 0 Å². The Morgan fingerprint density at radius 1 is 1.44 bits per heavy atom. The van der Waals surface area contributed by atoms with Crippen molar-refractivity contribution in [3.05, 3.63) is 34.6 Å². The molecule has 4 heteroatoms. The molecule has 88 valence electrons. The van der Waals surface area contributed by atoms with E-state index in [1.165, 1.54) is 6.07 Å². The summed E-state index contributed by atoms with van der Waals surface area (Å²) in [6.07, 6.45) is 2.15. The lowest BCUT2D eigenvalue weighted by atomic mass is 9.81. The highest BCUT2D eigenvalue weighted by atomic mass is 35.5. The Morgan fingerprint density at radius 2 is 2.19 bits per heavy atom. The zero-order valence-corrected chi connectivity index (χ0v) is 9.80. The zero-order valence-electron chi connectivity index (χ0n) is 9.05. The molecule has 1 aromatic rings. The zero-order chi connectivity index (χ0) is 11.5. The Bertz CT molecular complexity index is 364. The SMILES string of the molecule is NC1CC(CNCc2cc(Cl)ccc2F)C1. The van der Waals surface area contributed by atoms with Gasteiger partial charge in [-0.3, -0.25) is 0 Å². The van der Waals surface area contributed by atoms with Gasteiger partial charge in [0.2, 0.25) is 0 Å². The standard InChI is InChI=1S/C12H16ClFN2/c13-10-1-2-12(14)9(5-10)7-16-6-8-3-11(15)4-8/h1-2,5,8,11,16H,3-4,6-7,15H2. The first kappa shape index (κ1) is 11.8. The molecule has 3 N–H and O–H groups in total. The molecule has 1 saturated carbocycles. The van der Waals surface area contributed by atoms with E-state index in [2.05, 4.69) is 5.32 Å². The van der Waals surface area contributed by atoms with Crippen LogP contribution in [-0.4, -0.2) is 12.6 Å². The fourth-order valence-electron chi connectivity index (χ4n) is 2.04. The van der Waals surface area contributed by atoms with Gasteiger partial charge in [-0.05, 0) is 43.5 Å². The van der Waals surface area contributed by atoms with Crippen molar-refractivity contribution >= 4 is 11.6 Å². The number of halogens is 2. The van der Waals surface area contributed by atoms with Crippen LogP contribution in [0.5, 0.6) is 0 Å².